The summed E-state index contributed by atoms with van der Waals surface area (Å²) in [7, 11) is 1.20. The third-order valence-corrected chi connectivity index (χ3v) is 2.57. The molecular weight excluding hydrogens is 266 g/mol. The first kappa shape index (κ1) is 15.9. The molecule has 1 aromatic rings. The van der Waals surface area contributed by atoms with Crippen LogP contribution in [0.15, 0.2) is 18.2 Å². The molecule has 4 N–H and O–H groups in total. The lowest BCUT2D eigenvalue weighted by Gasteiger charge is -2.17. The number of carbonyl (C=O) groups excluding carboxylic acids is 2. The largest absolute Gasteiger partial charge is 0.465 e. The van der Waals surface area contributed by atoms with E-state index in [0.29, 0.717) is 0 Å². The van der Waals surface area contributed by atoms with Gasteiger partial charge in [-0.15, -0.1) is 0 Å². The first-order valence-electron chi connectivity index (χ1n) is 5.92. The normalized spacial score (nSPS) is 13.4. The molecule has 0 heterocycles. The molecule has 0 aromatic heterocycles. The fourth-order valence-electron chi connectivity index (χ4n) is 1.62. The zero-order valence-electron chi connectivity index (χ0n) is 11.2. The Labute approximate surface area is 115 Å². The molecule has 0 bridgehead atoms. The molecule has 0 spiro atoms. The van der Waals surface area contributed by atoms with Gasteiger partial charge >= 0.3 is 11.9 Å². The number of methoxy groups -OCH3 is 1. The smallest absolute Gasteiger partial charge is 0.338 e. The van der Waals surface area contributed by atoms with Gasteiger partial charge in [0.2, 0.25) is 0 Å². The van der Waals surface area contributed by atoms with Crippen LogP contribution in [-0.4, -0.2) is 42.0 Å². The molecular formula is C13H17NO6. The Bertz CT molecular complexity index is 502. The number of nitrogens with two attached hydrogens (primary N) is 1. The number of ether oxygens (including phenoxy) is 2. The molecule has 0 amide bonds. The van der Waals surface area contributed by atoms with Gasteiger partial charge < -0.3 is 25.4 Å². The maximum Gasteiger partial charge on any atom is 0.338 e. The van der Waals surface area contributed by atoms with E-state index in [4.69, 9.17) is 5.73 Å². The highest BCUT2D eigenvalue weighted by Crippen LogP contribution is 2.22. The minimum atomic E-state index is -1.76. The second-order valence-electron chi connectivity index (χ2n) is 4.02. The molecule has 0 aliphatic carbocycles. The Kier molecular flexibility index (Phi) is 5.48. The Morgan fingerprint density at radius 2 is 1.95 bits per heavy atom. The van der Waals surface area contributed by atoms with Crippen molar-refractivity contribution in [2.75, 3.05) is 19.5 Å². The standard InChI is InChI=1S/C13H17NO6/c1-3-20-13(18)11(16)10(15)7-4-8(12(17)19-2)6-9(14)5-7/h4-6,10-11,15-16H,3,14H2,1-2H3. The molecule has 20 heavy (non-hydrogen) atoms. The first-order chi connectivity index (χ1) is 9.40. The fourth-order valence-corrected chi connectivity index (χ4v) is 1.62. The zero-order valence-corrected chi connectivity index (χ0v) is 11.2. The van der Waals surface area contributed by atoms with Gasteiger partial charge in [-0.2, -0.15) is 0 Å². The van der Waals surface area contributed by atoms with Crippen molar-refractivity contribution >= 4 is 17.6 Å². The average Bonchev–Trinajstić information content (AvgIpc) is 2.44. The molecule has 2 unspecified atom stereocenters. The van der Waals surface area contributed by atoms with E-state index in [1.54, 1.807) is 6.92 Å². The van der Waals surface area contributed by atoms with Crippen molar-refractivity contribution in [2.24, 2.45) is 0 Å². The van der Waals surface area contributed by atoms with Crippen LogP contribution in [0.1, 0.15) is 28.9 Å². The third kappa shape index (κ3) is 3.69. The molecule has 0 aliphatic rings. The van der Waals surface area contributed by atoms with Crippen LogP contribution in [-0.2, 0) is 14.3 Å². The van der Waals surface area contributed by atoms with Gasteiger partial charge in [0.25, 0.3) is 0 Å². The number of nitrogen functional groups attached to an aromatic ring is 1. The summed E-state index contributed by atoms with van der Waals surface area (Å²) in [5, 5.41) is 19.6. The molecule has 7 nitrogen and oxygen atoms in total. The van der Waals surface area contributed by atoms with Crippen LogP contribution in [0.25, 0.3) is 0 Å². The molecule has 0 aliphatic heterocycles. The van der Waals surface area contributed by atoms with E-state index in [9.17, 15) is 19.8 Å². The molecule has 0 saturated carbocycles. The van der Waals surface area contributed by atoms with Crippen molar-refractivity contribution < 1.29 is 29.3 Å². The topological polar surface area (TPSA) is 119 Å². The highest BCUT2D eigenvalue weighted by atomic mass is 16.5. The van der Waals surface area contributed by atoms with E-state index >= 15 is 0 Å². The molecule has 1 rings (SSSR count). The number of rotatable bonds is 5. The summed E-state index contributed by atoms with van der Waals surface area (Å²) in [6, 6.07) is 3.99. The molecule has 110 valence electrons. The quantitative estimate of drug-likeness (QED) is 0.514. The maximum atomic E-state index is 11.4. The number of esters is 2. The van der Waals surface area contributed by atoms with Crippen molar-refractivity contribution in [3.63, 3.8) is 0 Å². The first-order valence-corrected chi connectivity index (χ1v) is 5.92. The van der Waals surface area contributed by atoms with E-state index < -0.39 is 24.1 Å². The van der Waals surface area contributed by atoms with E-state index in [-0.39, 0.29) is 23.4 Å². The lowest BCUT2D eigenvalue weighted by atomic mass is 10.0. The third-order valence-electron chi connectivity index (χ3n) is 2.57. The molecule has 0 radical (unpaired) electrons. The summed E-state index contributed by atoms with van der Waals surface area (Å²) in [5.41, 5.74) is 6.03. The van der Waals surface area contributed by atoms with E-state index in [0.717, 1.165) is 0 Å². The van der Waals surface area contributed by atoms with Crippen LogP contribution in [0.4, 0.5) is 5.69 Å². The number of benzene rings is 1. The predicted molar refractivity (Wildman–Crippen MR) is 69.8 cm³/mol. The van der Waals surface area contributed by atoms with E-state index in [1.165, 1.54) is 25.3 Å². The number of hydrogen-bond acceptors (Lipinski definition) is 7. The Morgan fingerprint density at radius 1 is 1.30 bits per heavy atom. The van der Waals surface area contributed by atoms with Gasteiger partial charge in [0.1, 0.15) is 6.10 Å². The highest BCUT2D eigenvalue weighted by molar-refractivity contribution is 5.90. The predicted octanol–water partition coefficient (Wildman–Crippen LogP) is 0.0128. The summed E-state index contributed by atoms with van der Waals surface area (Å²) in [6.07, 6.45) is -3.32. The SMILES string of the molecule is CCOC(=O)C(O)C(O)c1cc(N)cc(C(=O)OC)c1. The van der Waals surface area contributed by atoms with Crippen LogP contribution in [0, 0.1) is 0 Å². The molecule has 1 aromatic carbocycles. The monoisotopic (exact) mass is 283 g/mol. The number of aliphatic hydroxyl groups is 2. The summed E-state index contributed by atoms with van der Waals surface area (Å²) in [4.78, 5) is 22.8. The minimum Gasteiger partial charge on any atom is -0.465 e. The van der Waals surface area contributed by atoms with Crippen LogP contribution in [0.2, 0.25) is 0 Å². The van der Waals surface area contributed by atoms with Gasteiger partial charge in [-0.05, 0) is 30.7 Å². The van der Waals surface area contributed by atoms with Gasteiger partial charge in [-0.1, -0.05) is 0 Å². The van der Waals surface area contributed by atoms with Crippen LogP contribution >= 0.6 is 0 Å². The van der Waals surface area contributed by atoms with Gasteiger partial charge in [-0.25, -0.2) is 9.59 Å². The van der Waals surface area contributed by atoms with Crippen molar-refractivity contribution in [1.82, 2.24) is 0 Å². The van der Waals surface area contributed by atoms with Crippen molar-refractivity contribution in [3.05, 3.63) is 29.3 Å². The van der Waals surface area contributed by atoms with Gasteiger partial charge in [0.05, 0.1) is 19.3 Å². The van der Waals surface area contributed by atoms with Crippen molar-refractivity contribution in [3.8, 4) is 0 Å². The number of anilines is 1. The maximum absolute atomic E-state index is 11.4. The Morgan fingerprint density at radius 3 is 2.50 bits per heavy atom. The number of aliphatic hydroxyl groups excluding tert-OH is 2. The molecule has 2 atom stereocenters. The molecule has 0 fully saturated rings. The minimum absolute atomic E-state index is 0.0763. The van der Waals surface area contributed by atoms with Crippen LogP contribution in [0.5, 0.6) is 0 Å². The highest BCUT2D eigenvalue weighted by Gasteiger charge is 2.27. The summed E-state index contributed by atoms with van der Waals surface area (Å²) in [6.45, 7) is 1.65. The van der Waals surface area contributed by atoms with Crippen LogP contribution in [0.3, 0.4) is 0 Å². The van der Waals surface area contributed by atoms with Crippen molar-refractivity contribution in [1.29, 1.82) is 0 Å². The Balaban J connectivity index is 3.03. The lowest BCUT2D eigenvalue weighted by Crippen LogP contribution is -2.30. The second kappa shape index (κ2) is 6.88. The molecule has 0 saturated heterocycles. The second-order valence-corrected chi connectivity index (χ2v) is 4.02. The summed E-state index contributed by atoms with van der Waals surface area (Å²) >= 11 is 0. The number of carbonyl (C=O) groups is 2. The Hall–Kier alpha value is -2.12. The van der Waals surface area contributed by atoms with E-state index in [1.807, 2.05) is 0 Å². The van der Waals surface area contributed by atoms with Crippen LogP contribution < -0.4 is 5.73 Å². The molecule has 7 heteroatoms. The fraction of sp³-hybridized carbons (Fsp3) is 0.385. The van der Waals surface area contributed by atoms with Gasteiger partial charge in [0.15, 0.2) is 6.10 Å². The zero-order chi connectivity index (χ0) is 15.3. The number of hydrogen-bond donors (Lipinski definition) is 3. The van der Waals surface area contributed by atoms with E-state index in [2.05, 4.69) is 9.47 Å². The summed E-state index contributed by atoms with van der Waals surface area (Å²) in [5.74, 6) is -1.60. The van der Waals surface area contributed by atoms with Gasteiger partial charge in [0, 0.05) is 5.69 Å². The van der Waals surface area contributed by atoms with Gasteiger partial charge in [-0.3, -0.25) is 0 Å². The average molecular weight is 283 g/mol. The lowest BCUT2D eigenvalue weighted by molar-refractivity contribution is -0.159. The van der Waals surface area contributed by atoms with Crippen molar-refractivity contribution in [2.45, 2.75) is 19.1 Å². The summed E-state index contributed by atoms with van der Waals surface area (Å²) < 4.78 is 9.15.